The number of aliphatic carboxylic acids is 1. The molecule has 5 heteroatoms. The number of carboxylic acid groups (broad SMARTS) is 1. The molecular formula is C12H19NO4. The van der Waals surface area contributed by atoms with Crippen LogP contribution in [-0.4, -0.2) is 41.3 Å². The molecule has 0 bridgehead atoms. The van der Waals surface area contributed by atoms with Gasteiger partial charge < -0.3 is 9.84 Å². The van der Waals surface area contributed by atoms with E-state index in [9.17, 15) is 9.59 Å². The second kappa shape index (κ2) is 6.27. The van der Waals surface area contributed by atoms with Crippen molar-refractivity contribution in [1.29, 1.82) is 0 Å². The van der Waals surface area contributed by atoms with E-state index >= 15 is 0 Å². The van der Waals surface area contributed by atoms with E-state index in [1.807, 2.05) is 6.92 Å². The highest BCUT2D eigenvalue weighted by atomic mass is 16.6. The molecule has 0 aromatic carbocycles. The van der Waals surface area contributed by atoms with Gasteiger partial charge in [-0.2, -0.15) is 0 Å². The molecule has 2 unspecified atom stereocenters. The van der Waals surface area contributed by atoms with E-state index in [1.165, 1.54) is 11.0 Å². The predicted molar refractivity (Wildman–Crippen MR) is 62.7 cm³/mol. The maximum Gasteiger partial charge on any atom is 0.410 e. The lowest BCUT2D eigenvalue weighted by Crippen LogP contribution is -2.50. The fourth-order valence-electron chi connectivity index (χ4n) is 2.07. The van der Waals surface area contributed by atoms with Crippen molar-refractivity contribution < 1.29 is 19.4 Å². The molecule has 0 radical (unpaired) electrons. The van der Waals surface area contributed by atoms with Gasteiger partial charge in [0.1, 0.15) is 12.6 Å². The molecule has 1 saturated heterocycles. The molecule has 0 aromatic heterocycles. The Labute approximate surface area is 101 Å². The first-order chi connectivity index (χ1) is 8.10. The Morgan fingerprint density at radius 3 is 2.82 bits per heavy atom. The standard InChI is InChI=1S/C12H19NO4/c1-3-7-17-12(16)13-6-5-9(4-2)8-10(13)11(14)15/h3,9-10H,1,4-8H2,2H3,(H,14,15). The van der Waals surface area contributed by atoms with Crippen molar-refractivity contribution in [2.75, 3.05) is 13.2 Å². The Hall–Kier alpha value is -1.52. The molecule has 1 heterocycles. The van der Waals surface area contributed by atoms with Crippen LogP contribution in [-0.2, 0) is 9.53 Å². The van der Waals surface area contributed by atoms with E-state index in [4.69, 9.17) is 9.84 Å². The number of rotatable bonds is 4. The minimum atomic E-state index is -0.960. The largest absolute Gasteiger partial charge is 0.480 e. The average molecular weight is 241 g/mol. The molecule has 1 aliphatic rings. The second-order valence-corrected chi connectivity index (χ2v) is 4.21. The second-order valence-electron chi connectivity index (χ2n) is 4.21. The SMILES string of the molecule is C=CCOC(=O)N1CCC(CC)CC1C(=O)O. The molecule has 1 rings (SSSR count). The van der Waals surface area contributed by atoms with E-state index < -0.39 is 18.1 Å². The first-order valence-electron chi connectivity index (χ1n) is 5.87. The highest BCUT2D eigenvalue weighted by molar-refractivity contribution is 5.80. The Morgan fingerprint density at radius 1 is 1.59 bits per heavy atom. The van der Waals surface area contributed by atoms with Gasteiger partial charge in [0, 0.05) is 6.54 Å². The summed E-state index contributed by atoms with van der Waals surface area (Å²) in [5.74, 6) is -0.585. The third-order valence-electron chi connectivity index (χ3n) is 3.13. The van der Waals surface area contributed by atoms with Crippen LogP contribution in [0.2, 0.25) is 0 Å². The minimum absolute atomic E-state index is 0.110. The van der Waals surface area contributed by atoms with Crippen molar-refractivity contribution >= 4 is 12.1 Å². The van der Waals surface area contributed by atoms with Crippen LogP contribution < -0.4 is 0 Å². The van der Waals surface area contributed by atoms with Gasteiger partial charge in [-0.05, 0) is 18.8 Å². The Bertz CT molecular complexity index is 303. The summed E-state index contributed by atoms with van der Waals surface area (Å²) in [6.45, 7) is 6.04. The average Bonchev–Trinajstić information content (AvgIpc) is 2.35. The van der Waals surface area contributed by atoms with Crippen LogP contribution in [0.15, 0.2) is 12.7 Å². The minimum Gasteiger partial charge on any atom is -0.480 e. The molecule has 0 aromatic rings. The molecular weight excluding hydrogens is 222 g/mol. The molecule has 0 spiro atoms. The van der Waals surface area contributed by atoms with Gasteiger partial charge in [0.15, 0.2) is 0 Å². The van der Waals surface area contributed by atoms with Crippen molar-refractivity contribution in [2.24, 2.45) is 5.92 Å². The normalized spacial score (nSPS) is 24.2. The maximum absolute atomic E-state index is 11.7. The predicted octanol–water partition coefficient (Wildman–Crippen LogP) is 1.88. The molecule has 17 heavy (non-hydrogen) atoms. The number of carboxylic acids is 1. The molecule has 0 aliphatic carbocycles. The monoisotopic (exact) mass is 241 g/mol. The third kappa shape index (κ3) is 3.47. The van der Waals surface area contributed by atoms with Gasteiger partial charge in [-0.15, -0.1) is 0 Å². The summed E-state index contributed by atoms with van der Waals surface area (Å²) < 4.78 is 4.89. The first-order valence-corrected chi connectivity index (χ1v) is 5.87. The Morgan fingerprint density at radius 2 is 2.29 bits per heavy atom. The molecule has 1 fully saturated rings. The van der Waals surface area contributed by atoms with Crippen molar-refractivity contribution in [3.05, 3.63) is 12.7 Å². The van der Waals surface area contributed by atoms with Gasteiger partial charge in [0.25, 0.3) is 0 Å². The fourth-order valence-corrected chi connectivity index (χ4v) is 2.07. The first kappa shape index (κ1) is 13.5. The number of hydrogen-bond acceptors (Lipinski definition) is 3. The van der Waals surface area contributed by atoms with Gasteiger partial charge in [-0.1, -0.05) is 26.0 Å². The summed E-state index contributed by atoms with van der Waals surface area (Å²) in [6, 6.07) is -0.758. The summed E-state index contributed by atoms with van der Waals surface area (Å²) >= 11 is 0. The van der Waals surface area contributed by atoms with Crippen LogP contribution >= 0.6 is 0 Å². The number of carbonyl (C=O) groups is 2. The quantitative estimate of drug-likeness (QED) is 0.763. The summed E-state index contributed by atoms with van der Waals surface area (Å²) in [5.41, 5.74) is 0. The zero-order valence-electron chi connectivity index (χ0n) is 10.1. The summed E-state index contributed by atoms with van der Waals surface area (Å²) in [6.07, 6.45) is 3.19. The highest BCUT2D eigenvalue weighted by Crippen LogP contribution is 2.26. The number of carbonyl (C=O) groups excluding carboxylic acids is 1. The van der Waals surface area contributed by atoms with Gasteiger partial charge in [0.2, 0.25) is 0 Å². The van der Waals surface area contributed by atoms with Crippen LogP contribution in [0, 0.1) is 5.92 Å². The highest BCUT2D eigenvalue weighted by Gasteiger charge is 2.36. The molecule has 0 saturated carbocycles. The molecule has 2 atom stereocenters. The smallest absolute Gasteiger partial charge is 0.410 e. The number of ether oxygens (including phenoxy) is 1. The zero-order valence-corrected chi connectivity index (χ0v) is 10.1. The molecule has 1 amide bonds. The lowest BCUT2D eigenvalue weighted by molar-refractivity contribution is -0.144. The Kier molecular flexibility index (Phi) is 5.00. The van der Waals surface area contributed by atoms with Gasteiger partial charge in [-0.3, -0.25) is 4.90 Å². The van der Waals surface area contributed by atoms with Gasteiger partial charge in [-0.25, -0.2) is 9.59 Å². The van der Waals surface area contributed by atoms with Crippen LogP contribution in [0.25, 0.3) is 0 Å². The van der Waals surface area contributed by atoms with Gasteiger partial charge in [0.05, 0.1) is 0 Å². The fraction of sp³-hybridized carbons (Fsp3) is 0.667. The van der Waals surface area contributed by atoms with Crippen LogP contribution in [0.5, 0.6) is 0 Å². The van der Waals surface area contributed by atoms with E-state index in [2.05, 4.69) is 6.58 Å². The number of hydrogen-bond donors (Lipinski definition) is 1. The third-order valence-corrected chi connectivity index (χ3v) is 3.13. The zero-order chi connectivity index (χ0) is 12.8. The van der Waals surface area contributed by atoms with Crippen molar-refractivity contribution in [3.63, 3.8) is 0 Å². The molecule has 96 valence electrons. The molecule has 1 N–H and O–H groups in total. The maximum atomic E-state index is 11.7. The van der Waals surface area contributed by atoms with Crippen molar-refractivity contribution in [1.82, 2.24) is 4.90 Å². The van der Waals surface area contributed by atoms with Crippen LogP contribution in [0.3, 0.4) is 0 Å². The van der Waals surface area contributed by atoms with E-state index in [0.717, 1.165) is 12.8 Å². The lowest BCUT2D eigenvalue weighted by atomic mass is 9.89. The van der Waals surface area contributed by atoms with Gasteiger partial charge >= 0.3 is 12.1 Å². The topological polar surface area (TPSA) is 66.8 Å². The number of likely N-dealkylation sites (tertiary alicyclic amines) is 1. The van der Waals surface area contributed by atoms with E-state index in [0.29, 0.717) is 18.9 Å². The molecule has 5 nitrogen and oxygen atoms in total. The number of piperidine rings is 1. The Balaban J connectivity index is 2.66. The van der Waals surface area contributed by atoms with Crippen LogP contribution in [0.4, 0.5) is 4.79 Å². The van der Waals surface area contributed by atoms with E-state index in [1.54, 1.807) is 0 Å². The lowest BCUT2D eigenvalue weighted by Gasteiger charge is -2.35. The number of nitrogens with zero attached hydrogens (tertiary/aromatic N) is 1. The summed E-state index contributed by atoms with van der Waals surface area (Å²) in [7, 11) is 0. The summed E-state index contributed by atoms with van der Waals surface area (Å²) in [5, 5.41) is 9.13. The molecule has 1 aliphatic heterocycles. The van der Waals surface area contributed by atoms with E-state index in [-0.39, 0.29) is 6.61 Å². The van der Waals surface area contributed by atoms with Crippen molar-refractivity contribution in [2.45, 2.75) is 32.2 Å². The van der Waals surface area contributed by atoms with Crippen LogP contribution in [0.1, 0.15) is 26.2 Å². The van der Waals surface area contributed by atoms with Crippen molar-refractivity contribution in [3.8, 4) is 0 Å². The summed E-state index contributed by atoms with van der Waals surface area (Å²) in [4.78, 5) is 24.1. The number of amides is 1.